The summed E-state index contributed by atoms with van der Waals surface area (Å²) in [6.45, 7) is 3.58. The lowest BCUT2D eigenvalue weighted by Crippen LogP contribution is -2.18. The maximum atomic E-state index is 10.7. The zero-order chi connectivity index (χ0) is 26.5. The Hall–Kier alpha value is -3.55. The van der Waals surface area contributed by atoms with Crippen molar-refractivity contribution in [2.75, 3.05) is 26.8 Å². The van der Waals surface area contributed by atoms with Gasteiger partial charge in [0.15, 0.2) is 0 Å². The van der Waals surface area contributed by atoms with Gasteiger partial charge in [0, 0.05) is 28.1 Å². The molecule has 5 rings (SSSR count). The van der Waals surface area contributed by atoms with E-state index in [1.54, 1.807) is 24.5 Å². The standard InChI is InChI=1S/C31H33NO5S/c1-36-28-18-21(6-7-23(28)20-32-14-2-3-15-32)17-27-26-13-10-24(33)19-29(26)38-31(27)22-8-11-25(12-9-22)37-16-4-5-30(34)35/h6-13,18-19,33H,2-5,14-17,20H2,1H3,(H,34,35). The maximum Gasteiger partial charge on any atom is 0.303 e. The lowest BCUT2D eigenvalue weighted by Gasteiger charge is -2.18. The number of phenolic OH excluding ortho intramolecular Hbond substituents is 1. The molecule has 0 atom stereocenters. The summed E-state index contributed by atoms with van der Waals surface area (Å²) in [5, 5.41) is 20.1. The van der Waals surface area contributed by atoms with E-state index in [4.69, 9.17) is 14.6 Å². The molecule has 0 spiro atoms. The normalized spacial score (nSPS) is 13.7. The molecule has 6 nitrogen and oxygen atoms in total. The lowest BCUT2D eigenvalue weighted by atomic mass is 9.97. The minimum Gasteiger partial charge on any atom is -0.508 e. The van der Waals surface area contributed by atoms with Gasteiger partial charge in [0.05, 0.1) is 13.7 Å². The summed E-state index contributed by atoms with van der Waals surface area (Å²) in [5.41, 5.74) is 4.70. The van der Waals surface area contributed by atoms with Gasteiger partial charge >= 0.3 is 5.97 Å². The molecule has 0 bridgehead atoms. The van der Waals surface area contributed by atoms with E-state index in [0.29, 0.717) is 13.0 Å². The number of aromatic hydroxyl groups is 1. The Balaban J connectivity index is 1.41. The van der Waals surface area contributed by atoms with E-state index in [1.807, 2.05) is 36.4 Å². The Bertz CT molecular complexity index is 1410. The van der Waals surface area contributed by atoms with Gasteiger partial charge in [0.1, 0.15) is 17.2 Å². The molecule has 2 N–H and O–H groups in total. The SMILES string of the molecule is COc1cc(Cc2c(-c3ccc(OCCCC(=O)O)cc3)sc3cc(O)ccc23)ccc1CN1CCCC1. The number of thiophene rings is 1. The highest BCUT2D eigenvalue weighted by Crippen LogP contribution is 2.42. The number of hydrogen-bond acceptors (Lipinski definition) is 6. The first-order chi connectivity index (χ1) is 18.5. The number of nitrogens with zero attached hydrogens (tertiary/aromatic N) is 1. The van der Waals surface area contributed by atoms with E-state index < -0.39 is 5.97 Å². The van der Waals surface area contributed by atoms with Crippen LogP contribution in [0.5, 0.6) is 17.2 Å². The topological polar surface area (TPSA) is 79.2 Å². The molecule has 1 saturated heterocycles. The summed E-state index contributed by atoms with van der Waals surface area (Å²) >= 11 is 1.67. The molecule has 1 aromatic heterocycles. The van der Waals surface area contributed by atoms with E-state index in [0.717, 1.165) is 58.1 Å². The molecule has 7 heteroatoms. The molecular weight excluding hydrogens is 498 g/mol. The maximum absolute atomic E-state index is 10.7. The zero-order valence-electron chi connectivity index (χ0n) is 21.6. The van der Waals surface area contributed by atoms with E-state index in [1.165, 1.54) is 29.5 Å². The number of aliphatic carboxylic acids is 1. The molecule has 1 aliphatic rings. The van der Waals surface area contributed by atoms with Crippen molar-refractivity contribution in [3.8, 4) is 27.7 Å². The second kappa shape index (κ2) is 11.9. The van der Waals surface area contributed by atoms with Crippen molar-refractivity contribution in [3.05, 3.63) is 77.4 Å². The van der Waals surface area contributed by atoms with Crippen LogP contribution in [0.25, 0.3) is 20.5 Å². The fourth-order valence-corrected chi connectivity index (χ4v) is 6.34. The number of carbonyl (C=O) groups is 1. The van der Waals surface area contributed by atoms with Gasteiger partial charge in [0.25, 0.3) is 0 Å². The molecule has 38 heavy (non-hydrogen) atoms. The highest BCUT2D eigenvalue weighted by atomic mass is 32.1. The quantitative estimate of drug-likeness (QED) is 0.209. The van der Waals surface area contributed by atoms with Crippen LogP contribution in [0.3, 0.4) is 0 Å². The van der Waals surface area contributed by atoms with Crippen LogP contribution in [-0.2, 0) is 17.8 Å². The average Bonchev–Trinajstić information content (AvgIpc) is 3.55. The smallest absolute Gasteiger partial charge is 0.303 e. The Morgan fingerprint density at radius 2 is 1.82 bits per heavy atom. The Morgan fingerprint density at radius 3 is 2.55 bits per heavy atom. The summed E-state index contributed by atoms with van der Waals surface area (Å²) in [4.78, 5) is 14.3. The minimum absolute atomic E-state index is 0.0973. The van der Waals surface area contributed by atoms with Gasteiger partial charge in [-0.15, -0.1) is 11.3 Å². The van der Waals surface area contributed by atoms with Crippen molar-refractivity contribution in [1.82, 2.24) is 4.90 Å². The number of phenols is 1. The summed E-state index contributed by atoms with van der Waals surface area (Å²) in [6.07, 6.45) is 3.85. The van der Waals surface area contributed by atoms with Crippen LogP contribution in [0.15, 0.2) is 60.7 Å². The van der Waals surface area contributed by atoms with Gasteiger partial charge in [-0.1, -0.05) is 12.1 Å². The van der Waals surface area contributed by atoms with Crippen molar-refractivity contribution < 1.29 is 24.5 Å². The van der Waals surface area contributed by atoms with Gasteiger partial charge in [0.2, 0.25) is 0 Å². The van der Waals surface area contributed by atoms with Crippen LogP contribution in [0.1, 0.15) is 42.4 Å². The third kappa shape index (κ3) is 6.11. The number of fused-ring (bicyclic) bond motifs is 1. The van der Waals surface area contributed by atoms with Gasteiger partial charge in [-0.05, 0) is 109 Å². The number of ether oxygens (including phenoxy) is 2. The molecule has 1 aliphatic heterocycles. The Kier molecular flexibility index (Phi) is 8.15. The molecule has 0 amide bonds. The predicted molar refractivity (Wildman–Crippen MR) is 152 cm³/mol. The second-order valence-corrected chi connectivity index (χ2v) is 10.8. The first-order valence-electron chi connectivity index (χ1n) is 13.1. The fraction of sp³-hybridized carbons (Fsp3) is 0.323. The van der Waals surface area contributed by atoms with Crippen molar-refractivity contribution in [3.63, 3.8) is 0 Å². The Morgan fingerprint density at radius 1 is 1.03 bits per heavy atom. The molecule has 0 unspecified atom stereocenters. The summed E-state index contributed by atoms with van der Waals surface area (Å²) in [7, 11) is 1.74. The number of hydrogen-bond donors (Lipinski definition) is 2. The van der Waals surface area contributed by atoms with Gasteiger partial charge < -0.3 is 19.7 Å². The first-order valence-corrected chi connectivity index (χ1v) is 13.9. The van der Waals surface area contributed by atoms with Crippen LogP contribution in [0.4, 0.5) is 0 Å². The molecule has 0 radical (unpaired) electrons. The molecule has 1 fully saturated rings. The van der Waals surface area contributed by atoms with Crippen LogP contribution in [0, 0.1) is 0 Å². The van der Waals surface area contributed by atoms with Crippen LogP contribution in [-0.4, -0.2) is 47.9 Å². The van der Waals surface area contributed by atoms with E-state index in [9.17, 15) is 9.90 Å². The van der Waals surface area contributed by atoms with Crippen LogP contribution < -0.4 is 9.47 Å². The van der Waals surface area contributed by atoms with Crippen molar-refractivity contribution >= 4 is 27.4 Å². The summed E-state index contributed by atoms with van der Waals surface area (Å²) in [5.74, 6) is 1.09. The van der Waals surface area contributed by atoms with Crippen LogP contribution in [0.2, 0.25) is 0 Å². The van der Waals surface area contributed by atoms with Crippen molar-refractivity contribution in [2.45, 2.75) is 38.6 Å². The number of carboxylic acids is 1. The monoisotopic (exact) mass is 531 g/mol. The first kappa shape index (κ1) is 26.1. The average molecular weight is 532 g/mol. The number of methoxy groups -OCH3 is 1. The molecule has 3 aromatic carbocycles. The van der Waals surface area contributed by atoms with E-state index >= 15 is 0 Å². The second-order valence-electron chi connectivity index (χ2n) is 9.77. The van der Waals surface area contributed by atoms with Crippen molar-refractivity contribution in [2.24, 2.45) is 0 Å². The number of carboxylic acid groups (broad SMARTS) is 1. The molecule has 0 saturated carbocycles. The van der Waals surface area contributed by atoms with E-state index in [2.05, 4.69) is 23.1 Å². The van der Waals surface area contributed by atoms with Gasteiger partial charge in [-0.3, -0.25) is 9.69 Å². The molecule has 2 heterocycles. The molecule has 198 valence electrons. The van der Waals surface area contributed by atoms with Crippen LogP contribution >= 0.6 is 11.3 Å². The molecular formula is C31H33NO5S. The third-order valence-electron chi connectivity index (χ3n) is 7.02. The Labute approximate surface area is 227 Å². The minimum atomic E-state index is -0.814. The highest BCUT2D eigenvalue weighted by molar-refractivity contribution is 7.22. The third-order valence-corrected chi connectivity index (χ3v) is 8.27. The molecule has 4 aromatic rings. The van der Waals surface area contributed by atoms with Gasteiger partial charge in [-0.25, -0.2) is 0 Å². The lowest BCUT2D eigenvalue weighted by molar-refractivity contribution is -0.137. The van der Waals surface area contributed by atoms with E-state index in [-0.39, 0.29) is 12.2 Å². The number of rotatable bonds is 11. The molecule has 0 aliphatic carbocycles. The summed E-state index contributed by atoms with van der Waals surface area (Å²) in [6, 6.07) is 20.1. The fourth-order valence-electron chi connectivity index (χ4n) is 5.08. The predicted octanol–water partition coefficient (Wildman–Crippen LogP) is 6.71. The van der Waals surface area contributed by atoms with Crippen molar-refractivity contribution in [1.29, 1.82) is 0 Å². The summed E-state index contributed by atoms with van der Waals surface area (Å²) < 4.78 is 12.6. The highest BCUT2D eigenvalue weighted by Gasteiger charge is 2.18. The number of benzene rings is 3. The largest absolute Gasteiger partial charge is 0.508 e. The number of likely N-dealkylation sites (tertiary alicyclic amines) is 1. The van der Waals surface area contributed by atoms with Gasteiger partial charge in [-0.2, -0.15) is 0 Å². The zero-order valence-corrected chi connectivity index (χ0v) is 22.4.